The molecule has 1 aromatic rings. The average molecular weight is 374 g/mol. The predicted molar refractivity (Wildman–Crippen MR) is 89.7 cm³/mol. The number of hydrogen-bond acceptors (Lipinski definition) is 5. The third-order valence-electron chi connectivity index (χ3n) is 4.51. The van der Waals surface area contributed by atoms with Crippen molar-refractivity contribution in [3.8, 4) is 5.75 Å². The molecule has 2 N–H and O–H groups in total. The van der Waals surface area contributed by atoms with Crippen molar-refractivity contribution in [2.24, 2.45) is 0 Å². The molecular weight excluding hydrogens is 351 g/mol. The molecule has 0 saturated heterocycles. The van der Waals surface area contributed by atoms with Crippen molar-refractivity contribution < 1.29 is 27.4 Å². The Balaban J connectivity index is 2.04. The highest BCUT2D eigenvalue weighted by Gasteiger charge is 2.36. The maximum Gasteiger partial charge on any atom is 0.317 e. The van der Waals surface area contributed by atoms with Gasteiger partial charge < -0.3 is 9.84 Å². The molecule has 2 rings (SSSR count). The first kappa shape index (κ1) is 19.6. The van der Waals surface area contributed by atoms with E-state index in [1.165, 1.54) is 26.2 Å². The summed E-state index contributed by atoms with van der Waals surface area (Å²) in [7, 11) is -2.54. The number of rotatable bonds is 8. The van der Waals surface area contributed by atoms with Gasteiger partial charge in [-0.1, -0.05) is 6.92 Å². The van der Waals surface area contributed by atoms with Gasteiger partial charge in [-0.2, -0.15) is 0 Å². The van der Waals surface area contributed by atoms with E-state index in [9.17, 15) is 17.6 Å². The van der Waals surface area contributed by atoms with E-state index in [0.29, 0.717) is 19.4 Å². The highest BCUT2D eigenvalue weighted by molar-refractivity contribution is 7.89. The number of methoxy groups -OCH3 is 1. The smallest absolute Gasteiger partial charge is 0.317 e. The van der Waals surface area contributed by atoms with Gasteiger partial charge in [-0.3, -0.25) is 9.69 Å². The molecule has 0 bridgehead atoms. The molecule has 9 heteroatoms. The second kappa shape index (κ2) is 7.67. The van der Waals surface area contributed by atoms with E-state index in [0.717, 1.165) is 0 Å². The Morgan fingerprint density at radius 2 is 2.08 bits per heavy atom. The molecule has 0 aromatic heterocycles. The van der Waals surface area contributed by atoms with Crippen molar-refractivity contribution in [3.05, 3.63) is 23.5 Å². The van der Waals surface area contributed by atoms with Crippen LogP contribution in [0.4, 0.5) is 4.39 Å². The number of sulfonamides is 1. The topological polar surface area (TPSA) is 95.9 Å². The van der Waals surface area contributed by atoms with E-state index in [2.05, 4.69) is 4.72 Å². The number of aliphatic carboxylic acids is 1. The number of hydrogen-bond donors (Lipinski definition) is 2. The van der Waals surface area contributed by atoms with E-state index >= 15 is 0 Å². The zero-order chi connectivity index (χ0) is 18.8. The van der Waals surface area contributed by atoms with Crippen LogP contribution in [-0.4, -0.2) is 56.7 Å². The summed E-state index contributed by atoms with van der Waals surface area (Å²) in [4.78, 5) is 12.5. The van der Waals surface area contributed by atoms with Gasteiger partial charge >= 0.3 is 5.97 Å². The van der Waals surface area contributed by atoms with E-state index in [1.807, 2.05) is 6.92 Å². The number of ether oxygens (including phenoxy) is 1. The SMILES string of the molecule is CCN(CC(=O)O)C1CC(NS(=O)(=O)c2ccc(OC)c(F)c2C)C1. The Labute approximate surface area is 146 Å². The van der Waals surface area contributed by atoms with Gasteiger partial charge in [0.2, 0.25) is 10.0 Å². The third kappa shape index (κ3) is 4.28. The predicted octanol–water partition coefficient (Wildman–Crippen LogP) is 1.36. The number of carboxylic acids is 1. The van der Waals surface area contributed by atoms with Gasteiger partial charge in [0.25, 0.3) is 0 Å². The van der Waals surface area contributed by atoms with Crippen LogP contribution in [0.3, 0.4) is 0 Å². The van der Waals surface area contributed by atoms with Crippen molar-refractivity contribution >= 4 is 16.0 Å². The van der Waals surface area contributed by atoms with Gasteiger partial charge in [0.05, 0.1) is 18.6 Å². The van der Waals surface area contributed by atoms with Gasteiger partial charge in [-0.15, -0.1) is 0 Å². The normalized spacial score (nSPS) is 20.4. The monoisotopic (exact) mass is 374 g/mol. The summed E-state index contributed by atoms with van der Waals surface area (Å²) < 4.78 is 46.5. The molecule has 1 fully saturated rings. The minimum Gasteiger partial charge on any atom is -0.494 e. The maximum atomic E-state index is 14.1. The standard InChI is InChI=1S/C16H23FN2O5S/c1-4-19(9-15(20)21)12-7-11(8-12)18-25(22,23)14-6-5-13(24-3)16(17)10(14)2/h5-6,11-12,18H,4,7-9H2,1-3H3,(H,20,21). The largest absolute Gasteiger partial charge is 0.494 e. The van der Waals surface area contributed by atoms with Gasteiger partial charge in [-0.05, 0) is 38.4 Å². The molecule has 7 nitrogen and oxygen atoms in total. The zero-order valence-corrected chi connectivity index (χ0v) is 15.3. The number of likely N-dealkylation sites (N-methyl/N-ethyl adjacent to an activating group) is 1. The number of carboxylic acid groups (broad SMARTS) is 1. The first-order valence-corrected chi connectivity index (χ1v) is 9.49. The van der Waals surface area contributed by atoms with Crippen LogP contribution in [0.1, 0.15) is 25.3 Å². The van der Waals surface area contributed by atoms with Crippen LogP contribution < -0.4 is 9.46 Å². The van der Waals surface area contributed by atoms with Gasteiger partial charge in [0, 0.05) is 17.6 Å². The summed E-state index contributed by atoms with van der Waals surface area (Å²) in [5.74, 6) is -1.61. The van der Waals surface area contributed by atoms with Crippen molar-refractivity contribution in [1.29, 1.82) is 0 Å². The summed E-state index contributed by atoms with van der Waals surface area (Å²) >= 11 is 0. The first-order chi connectivity index (χ1) is 11.7. The van der Waals surface area contributed by atoms with Gasteiger partial charge in [0.1, 0.15) is 0 Å². The number of nitrogens with one attached hydrogen (secondary N) is 1. The number of benzene rings is 1. The first-order valence-electron chi connectivity index (χ1n) is 8.00. The Kier molecular flexibility index (Phi) is 6.02. The lowest BCUT2D eigenvalue weighted by Gasteiger charge is -2.42. The van der Waals surface area contributed by atoms with Crippen molar-refractivity contribution in [3.63, 3.8) is 0 Å². The summed E-state index contributed by atoms with van der Waals surface area (Å²) in [5, 5.41) is 8.88. The molecule has 0 atom stereocenters. The summed E-state index contributed by atoms with van der Waals surface area (Å²) in [5.41, 5.74) is 0.00350. The second-order valence-corrected chi connectivity index (χ2v) is 7.79. The lowest BCUT2D eigenvalue weighted by Crippen LogP contribution is -2.54. The van der Waals surface area contributed by atoms with Crippen LogP contribution in [0.2, 0.25) is 0 Å². The maximum absolute atomic E-state index is 14.1. The zero-order valence-electron chi connectivity index (χ0n) is 14.5. The minimum atomic E-state index is -3.86. The van der Waals surface area contributed by atoms with E-state index in [1.54, 1.807) is 4.90 Å². The van der Waals surface area contributed by atoms with Crippen LogP contribution in [0.25, 0.3) is 0 Å². The molecule has 140 valence electrons. The second-order valence-electron chi connectivity index (χ2n) is 6.11. The van der Waals surface area contributed by atoms with Crippen LogP contribution in [-0.2, 0) is 14.8 Å². The Morgan fingerprint density at radius 3 is 2.60 bits per heavy atom. The van der Waals surface area contributed by atoms with Crippen molar-refractivity contribution in [1.82, 2.24) is 9.62 Å². The Hall–Kier alpha value is -1.71. The van der Waals surface area contributed by atoms with E-state index in [4.69, 9.17) is 9.84 Å². The molecule has 0 radical (unpaired) electrons. The van der Waals surface area contributed by atoms with Crippen molar-refractivity contribution in [2.75, 3.05) is 20.2 Å². The fourth-order valence-corrected chi connectivity index (χ4v) is 4.53. The quantitative estimate of drug-likeness (QED) is 0.713. The van der Waals surface area contributed by atoms with Crippen LogP contribution in [0.15, 0.2) is 17.0 Å². The van der Waals surface area contributed by atoms with Gasteiger partial charge in [0.15, 0.2) is 11.6 Å². The molecule has 1 saturated carbocycles. The molecule has 0 unspecified atom stereocenters. The summed E-state index contributed by atoms with van der Waals surface area (Å²) in [6, 6.07) is 2.34. The van der Waals surface area contributed by atoms with Crippen LogP contribution in [0, 0.1) is 12.7 Å². The summed E-state index contributed by atoms with van der Waals surface area (Å²) in [6.45, 7) is 3.77. The van der Waals surface area contributed by atoms with Crippen molar-refractivity contribution in [2.45, 2.75) is 43.7 Å². The number of nitrogens with zero attached hydrogens (tertiary/aromatic N) is 1. The van der Waals surface area contributed by atoms with Crippen LogP contribution >= 0.6 is 0 Å². The van der Waals surface area contributed by atoms with E-state index in [-0.39, 0.29) is 34.8 Å². The van der Waals surface area contributed by atoms with Crippen LogP contribution in [0.5, 0.6) is 5.75 Å². The molecular formula is C16H23FN2O5S. The Morgan fingerprint density at radius 1 is 1.44 bits per heavy atom. The lowest BCUT2D eigenvalue weighted by atomic mass is 9.86. The summed E-state index contributed by atoms with van der Waals surface area (Å²) in [6.07, 6.45) is 1.05. The minimum absolute atomic E-state index is 0.00350. The molecule has 0 heterocycles. The molecule has 1 aliphatic rings. The average Bonchev–Trinajstić information content (AvgIpc) is 2.50. The Bertz CT molecular complexity index is 747. The molecule has 1 aromatic carbocycles. The third-order valence-corrected chi connectivity index (χ3v) is 6.17. The molecule has 25 heavy (non-hydrogen) atoms. The molecule has 1 aliphatic carbocycles. The fraction of sp³-hybridized carbons (Fsp3) is 0.562. The van der Waals surface area contributed by atoms with E-state index < -0.39 is 21.8 Å². The molecule has 0 aliphatic heterocycles. The number of carbonyl (C=O) groups is 1. The molecule has 0 amide bonds. The van der Waals surface area contributed by atoms with Gasteiger partial charge in [-0.25, -0.2) is 17.5 Å². The highest BCUT2D eigenvalue weighted by Crippen LogP contribution is 2.29. The molecule has 0 spiro atoms. The number of halogens is 1. The lowest BCUT2D eigenvalue weighted by molar-refractivity contribution is -0.139. The fourth-order valence-electron chi connectivity index (χ4n) is 3.03. The highest BCUT2D eigenvalue weighted by atomic mass is 32.2.